The Labute approximate surface area is 126 Å². The van der Waals surface area contributed by atoms with Crippen LogP contribution < -0.4 is 5.32 Å². The van der Waals surface area contributed by atoms with Gasteiger partial charge >= 0.3 is 0 Å². The van der Waals surface area contributed by atoms with E-state index in [4.69, 9.17) is 11.6 Å². The maximum absolute atomic E-state index is 14.2. The van der Waals surface area contributed by atoms with Crippen LogP contribution in [0.15, 0.2) is 36.4 Å². The molecule has 0 spiro atoms. The number of amides is 1. The van der Waals surface area contributed by atoms with E-state index in [9.17, 15) is 14.3 Å². The number of hydrogen-bond donors (Lipinski definition) is 2. The van der Waals surface area contributed by atoms with Crippen molar-refractivity contribution >= 4 is 23.2 Å². The molecule has 5 heteroatoms. The van der Waals surface area contributed by atoms with Crippen LogP contribution in [0.4, 0.5) is 10.1 Å². The molecule has 2 aromatic carbocycles. The molecule has 0 saturated carbocycles. The highest BCUT2D eigenvalue weighted by Crippen LogP contribution is 2.32. The average Bonchev–Trinajstić information content (AvgIpc) is 2.45. The van der Waals surface area contributed by atoms with Gasteiger partial charge in [0.15, 0.2) is 0 Å². The van der Waals surface area contributed by atoms with Crippen LogP contribution >= 0.6 is 11.6 Å². The smallest absolute Gasteiger partial charge is 0.224 e. The first kappa shape index (κ1) is 14.0. The van der Waals surface area contributed by atoms with Crippen molar-refractivity contribution in [3.05, 3.63) is 63.9 Å². The Kier molecular flexibility index (Phi) is 3.66. The van der Waals surface area contributed by atoms with E-state index in [0.29, 0.717) is 29.1 Å². The normalized spacial score (nSPS) is 15.3. The zero-order valence-corrected chi connectivity index (χ0v) is 11.8. The summed E-state index contributed by atoms with van der Waals surface area (Å²) >= 11 is 5.90. The van der Waals surface area contributed by atoms with Gasteiger partial charge in [-0.25, -0.2) is 4.39 Å². The van der Waals surface area contributed by atoms with E-state index in [1.54, 1.807) is 30.3 Å². The topological polar surface area (TPSA) is 49.3 Å². The highest BCUT2D eigenvalue weighted by Gasteiger charge is 2.21. The number of fused-ring (bicyclic) bond motifs is 1. The van der Waals surface area contributed by atoms with Gasteiger partial charge in [-0.3, -0.25) is 4.79 Å². The summed E-state index contributed by atoms with van der Waals surface area (Å²) in [4.78, 5) is 11.3. The van der Waals surface area contributed by atoms with Crippen LogP contribution in [0.1, 0.15) is 29.2 Å². The van der Waals surface area contributed by atoms with Gasteiger partial charge in [0.25, 0.3) is 0 Å². The summed E-state index contributed by atoms with van der Waals surface area (Å²) < 4.78 is 14.2. The van der Waals surface area contributed by atoms with Crippen LogP contribution in [0.3, 0.4) is 0 Å². The molecule has 3 nitrogen and oxygen atoms in total. The lowest BCUT2D eigenvalue weighted by atomic mass is 9.95. The highest BCUT2D eigenvalue weighted by atomic mass is 35.5. The Morgan fingerprint density at radius 1 is 1.24 bits per heavy atom. The van der Waals surface area contributed by atoms with E-state index in [2.05, 4.69) is 5.32 Å². The van der Waals surface area contributed by atoms with Gasteiger partial charge in [-0.1, -0.05) is 23.7 Å². The molecule has 2 aromatic rings. The van der Waals surface area contributed by atoms with Crippen LogP contribution in [0.2, 0.25) is 5.02 Å². The first-order valence-corrected chi connectivity index (χ1v) is 6.98. The van der Waals surface area contributed by atoms with Gasteiger partial charge in [-0.15, -0.1) is 0 Å². The number of nitrogens with one attached hydrogen (secondary N) is 1. The summed E-state index contributed by atoms with van der Waals surface area (Å²) in [7, 11) is 0. The van der Waals surface area contributed by atoms with Gasteiger partial charge in [0.05, 0.1) is 0 Å². The number of rotatable bonds is 2. The quantitative estimate of drug-likeness (QED) is 0.893. The molecule has 1 amide bonds. The molecule has 1 aliphatic rings. The van der Waals surface area contributed by atoms with E-state index in [1.807, 2.05) is 0 Å². The minimum Gasteiger partial charge on any atom is -0.384 e. The van der Waals surface area contributed by atoms with Crippen molar-refractivity contribution in [3.63, 3.8) is 0 Å². The second kappa shape index (κ2) is 5.47. The van der Waals surface area contributed by atoms with E-state index in [0.717, 1.165) is 5.56 Å². The number of benzene rings is 2. The Morgan fingerprint density at radius 2 is 2.05 bits per heavy atom. The van der Waals surface area contributed by atoms with Gasteiger partial charge in [-0.2, -0.15) is 0 Å². The SMILES string of the molecule is O=C1CCc2cc(C(O)c3cccc(Cl)c3)c(F)cc2N1. The largest absolute Gasteiger partial charge is 0.384 e. The molecule has 0 fully saturated rings. The van der Waals surface area contributed by atoms with Crippen LogP contribution in [0.5, 0.6) is 0 Å². The maximum Gasteiger partial charge on any atom is 0.224 e. The Morgan fingerprint density at radius 3 is 2.81 bits per heavy atom. The lowest BCUT2D eigenvalue weighted by molar-refractivity contribution is -0.116. The average molecular weight is 306 g/mol. The molecule has 1 atom stereocenters. The fourth-order valence-electron chi connectivity index (χ4n) is 2.49. The van der Waals surface area contributed by atoms with E-state index in [-0.39, 0.29) is 11.5 Å². The second-order valence-corrected chi connectivity index (χ2v) is 5.47. The van der Waals surface area contributed by atoms with Gasteiger partial charge in [0, 0.05) is 22.7 Å². The van der Waals surface area contributed by atoms with Crippen LogP contribution in [-0.2, 0) is 11.2 Å². The number of halogens is 2. The molecule has 1 unspecified atom stereocenters. The molecule has 1 heterocycles. The van der Waals surface area contributed by atoms with Crippen molar-refractivity contribution < 1.29 is 14.3 Å². The van der Waals surface area contributed by atoms with Crippen molar-refractivity contribution in [1.82, 2.24) is 0 Å². The van der Waals surface area contributed by atoms with Crippen LogP contribution in [0.25, 0.3) is 0 Å². The zero-order valence-electron chi connectivity index (χ0n) is 11.1. The number of anilines is 1. The third kappa shape index (κ3) is 2.77. The lowest BCUT2D eigenvalue weighted by Gasteiger charge is -2.20. The molecule has 2 N–H and O–H groups in total. The van der Waals surface area contributed by atoms with Gasteiger partial charge in [0.1, 0.15) is 11.9 Å². The highest BCUT2D eigenvalue weighted by molar-refractivity contribution is 6.30. The van der Waals surface area contributed by atoms with Crippen molar-refractivity contribution in [2.24, 2.45) is 0 Å². The molecule has 108 valence electrons. The number of hydrogen-bond acceptors (Lipinski definition) is 2. The monoisotopic (exact) mass is 305 g/mol. The van der Waals surface area contributed by atoms with Gasteiger partial charge in [0.2, 0.25) is 5.91 Å². The van der Waals surface area contributed by atoms with E-state index >= 15 is 0 Å². The van der Waals surface area contributed by atoms with Crippen molar-refractivity contribution in [3.8, 4) is 0 Å². The minimum absolute atomic E-state index is 0.120. The molecule has 21 heavy (non-hydrogen) atoms. The second-order valence-electron chi connectivity index (χ2n) is 5.04. The molecule has 0 radical (unpaired) electrons. The van der Waals surface area contributed by atoms with Gasteiger partial charge < -0.3 is 10.4 Å². The predicted molar refractivity (Wildman–Crippen MR) is 78.9 cm³/mol. The Hall–Kier alpha value is -1.91. The standard InChI is InChI=1S/C16H13ClFNO2/c17-11-3-1-2-10(6-11)16(21)12-7-9-4-5-15(20)19-14(9)8-13(12)18/h1-3,6-8,16,21H,4-5H2,(H,19,20). The van der Waals surface area contributed by atoms with E-state index < -0.39 is 11.9 Å². The van der Waals surface area contributed by atoms with E-state index in [1.165, 1.54) is 6.07 Å². The molecule has 3 rings (SSSR count). The van der Waals surface area contributed by atoms with Crippen molar-refractivity contribution in [2.45, 2.75) is 18.9 Å². The summed E-state index contributed by atoms with van der Waals surface area (Å²) in [5.74, 6) is -0.673. The van der Waals surface area contributed by atoms with Crippen LogP contribution in [-0.4, -0.2) is 11.0 Å². The maximum atomic E-state index is 14.2. The fourth-order valence-corrected chi connectivity index (χ4v) is 2.69. The first-order chi connectivity index (χ1) is 10.0. The third-order valence-electron chi connectivity index (χ3n) is 3.58. The first-order valence-electron chi connectivity index (χ1n) is 6.60. The number of aliphatic hydroxyl groups excluding tert-OH is 1. The molecule has 0 aromatic heterocycles. The lowest BCUT2D eigenvalue weighted by Crippen LogP contribution is -2.20. The van der Waals surface area contributed by atoms with Crippen molar-refractivity contribution in [1.29, 1.82) is 0 Å². The summed E-state index contributed by atoms with van der Waals surface area (Å²) in [6, 6.07) is 9.56. The Balaban J connectivity index is 2.01. The Bertz CT molecular complexity index is 717. The summed E-state index contributed by atoms with van der Waals surface area (Å²) in [6.45, 7) is 0. The zero-order chi connectivity index (χ0) is 15.0. The number of carbonyl (C=O) groups is 1. The number of carbonyl (C=O) groups excluding carboxylic acids is 1. The number of aryl methyl sites for hydroxylation is 1. The molecule has 1 aliphatic heterocycles. The summed E-state index contributed by atoms with van der Waals surface area (Å²) in [5.41, 5.74) is 2.02. The van der Waals surface area contributed by atoms with Crippen molar-refractivity contribution in [2.75, 3.05) is 5.32 Å². The molecule has 0 bridgehead atoms. The number of aliphatic hydroxyl groups is 1. The molecular formula is C16H13ClFNO2. The molecular weight excluding hydrogens is 293 g/mol. The fraction of sp³-hybridized carbons (Fsp3) is 0.188. The van der Waals surface area contributed by atoms with Gasteiger partial charge in [-0.05, 0) is 41.8 Å². The van der Waals surface area contributed by atoms with Crippen LogP contribution in [0, 0.1) is 5.82 Å². The third-order valence-corrected chi connectivity index (χ3v) is 3.81. The predicted octanol–water partition coefficient (Wildman–Crippen LogP) is 3.45. The summed E-state index contributed by atoms with van der Waals surface area (Å²) in [5, 5.41) is 13.5. The summed E-state index contributed by atoms with van der Waals surface area (Å²) in [6.07, 6.45) is -0.186. The molecule has 0 saturated heterocycles. The minimum atomic E-state index is -1.09. The molecule has 0 aliphatic carbocycles.